The smallest absolute Gasteiger partial charge is 0.0101 e. The molecule has 0 bridgehead atoms. The van der Waals surface area contributed by atoms with Gasteiger partial charge in [0.1, 0.15) is 0 Å². The van der Waals surface area contributed by atoms with E-state index in [0.29, 0.717) is 5.92 Å². The number of likely N-dealkylation sites (tertiary alicyclic amines) is 1. The summed E-state index contributed by atoms with van der Waals surface area (Å²) in [5, 5.41) is 0. The number of rotatable bonds is 8. The topological polar surface area (TPSA) is 3.24 Å². The van der Waals surface area contributed by atoms with E-state index in [9.17, 15) is 0 Å². The lowest BCUT2D eigenvalue weighted by Gasteiger charge is -2.33. The lowest BCUT2D eigenvalue weighted by atomic mass is 9.86. The quantitative estimate of drug-likeness (QED) is 0.498. The summed E-state index contributed by atoms with van der Waals surface area (Å²) >= 11 is 0. The Morgan fingerprint density at radius 1 is 0.963 bits per heavy atom. The molecule has 1 heterocycles. The van der Waals surface area contributed by atoms with Gasteiger partial charge in [0.2, 0.25) is 0 Å². The summed E-state index contributed by atoms with van der Waals surface area (Å²) in [7, 11) is 0. The molecule has 0 spiro atoms. The third kappa shape index (κ3) is 5.30. The molecule has 0 N–H and O–H groups in total. The minimum atomic E-state index is 0.383. The van der Waals surface area contributed by atoms with Gasteiger partial charge in [0, 0.05) is 5.92 Å². The van der Waals surface area contributed by atoms with Crippen molar-refractivity contribution in [2.24, 2.45) is 0 Å². The number of hydrogen-bond donors (Lipinski definition) is 0. The van der Waals surface area contributed by atoms with E-state index in [2.05, 4.69) is 84.8 Å². The first-order chi connectivity index (χ1) is 13.3. The van der Waals surface area contributed by atoms with Crippen LogP contribution in [0.5, 0.6) is 0 Å². The minimum absolute atomic E-state index is 0.383. The summed E-state index contributed by atoms with van der Waals surface area (Å²) in [5.74, 6) is 1.10. The first-order valence-corrected chi connectivity index (χ1v) is 10.1. The molecule has 3 rings (SSSR count). The predicted octanol–water partition coefficient (Wildman–Crippen LogP) is 6.34. The van der Waals surface area contributed by atoms with Crippen molar-refractivity contribution in [1.82, 2.24) is 4.90 Å². The summed E-state index contributed by atoms with van der Waals surface area (Å²) in [4.78, 5) is 2.63. The molecule has 1 aliphatic rings. The number of benzene rings is 2. The van der Waals surface area contributed by atoms with Crippen molar-refractivity contribution in [2.75, 3.05) is 19.6 Å². The average molecular weight is 358 g/mol. The molecule has 0 saturated carbocycles. The van der Waals surface area contributed by atoms with Gasteiger partial charge < -0.3 is 4.90 Å². The summed E-state index contributed by atoms with van der Waals surface area (Å²) < 4.78 is 0. The Morgan fingerprint density at radius 3 is 2.19 bits per heavy atom. The van der Waals surface area contributed by atoms with Gasteiger partial charge in [0.25, 0.3) is 0 Å². The number of allylic oxidation sites excluding steroid dienone is 4. The molecule has 0 aromatic heterocycles. The van der Waals surface area contributed by atoms with Crippen LogP contribution in [-0.2, 0) is 0 Å². The van der Waals surface area contributed by atoms with Crippen LogP contribution in [0.25, 0.3) is 0 Å². The molecule has 1 unspecified atom stereocenters. The second kappa shape index (κ2) is 10.1. The second-order valence-electron chi connectivity index (χ2n) is 7.39. The zero-order chi connectivity index (χ0) is 18.9. The van der Waals surface area contributed by atoms with Crippen LogP contribution in [-0.4, -0.2) is 24.5 Å². The highest BCUT2D eigenvalue weighted by Gasteiger charge is 2.22. The Bertz CT molecular complexity index is 736. The molecule has 140 valence electrons. The highest BCUT2D eigenvalue weighted by Crippen LogP contribution is 2.31. The molecule has 1 heteroatoms. The van der Waals surface area contributed by atoms with Crippen LogP contribution in [0.1, 0.15) is 42.2 Å². The van der Waals surface area contributed by atoms with E-state index in [1.54, 1.807) is 0 Å². The first-order valence-electron chi connectivity index (χ1n) is 10.1. The van der Waals surface area contributed by atoms with Crippen molar-refractivity contribution in [1.29, 1.82) is 0 Å². The van der Waals surface area contributed by atoms with E-state index in [-0.39, 0.29) is 0 Å². The zero-order valence-corrected chi connectivity index (χ0v) is 16.3. The van der Waals surface area contributed by atoms with Gasteiger partial charge in [-0.25, -0.2) is 0 Å². The number of piperidine rings is 1. The van der Waals surface area contributed by atoms with E-state index in [0.717, 1.165) is 18.9 Å². The molecule has 0 amide bonds. The Morgan fingerprint density at radius 2 is 1.59 bits per heavy atom. The lowest BCUT2D eigenvalue weighted by molar-refractivity contribution is 0.207. The van der Waals surface area contributed by atoms with E-state index in [1.165, 1.54) is 42.6 Å². The predicted molar refractivity (Wildman–Crippen MR) is 117 cm³/mol. The molecule has 2 aromatic rings. The Balaban J connectivity index is 1.60. The van der Waals surface area contributed by atoms with E-state index in [4.69, 9.17) is 0 Å². The molecule has 27 heavy (non-hydrogen) atoms. The number of hydrogen-bond acceptors (Lipinski definition) is 1. The van der Waals surface area contributed by atoms with Crippen molar-refractivity contribution >= 4 is 0 Å². The standard InChI is InChI=1S/C26H31N/c1-3-11-22(4-2)26(25-14-9-6-10-15-25)18-21-27-19-16-24(17-20-27)23-12-7-5-8-13-23/h3-15,24,26H,1-2,16-21H2/b22-11+. The van der Waals surface area contributed by atoms with Gasteiger partial charge in [-0.05, 0) is 61.5 Å². The zero-order valence-electron chi connectivity index (χ0n) is 16.3. The van der Waals surface area contributed by atoms with Gasteiger partial charge in [0.15, 0.2) is 0 Å². The minimum Gasteiger partial charge on any atom is -0.303 e. The van der Waals surface area contributed by atoms with Crippen molar-refractivity contribution in [3.8, 4) is 0 Å². The third-order valence-corrected chi connectivity index (χ3v) is 5.74. The van der Waals surface area contributed by atoms with Crippen molar-refractivity contribution in [3.63, 3.8) is 0 Å². The maximum atomic E-state index is 4.03. The molecule has 2 aromatic carbocycles. The molecule has 0 aliphatic carbocycles. The maximum Gasteiger partial charge on any atom is 0.0101 e. The maximum absolute atomic E-state index is 4.03. The highest BCUT2D eigenvalue weighted by molar-refractivity contribution is 5.36. The third-order valence-electron chi connectivity index (χ3n) is 5.74. The van der Waals surface area contributed by atoms with Crippen molar-refractivity contribution < 1.29 is 0 Å². The highest BCUT2D eigenvalue weighted by atomic mass is 15.1. The second-order valence-corrected chi connectivity index (χ2v) is 7.39. The monoisotopic (exact) mass is 357 g/mol. The van der Waals surface area contributed by atoms with Gasteiger partial charge in [-0.2, -0.15) is 0 Å². The van der Waals surface area contributed by atoms with Gasteiger partial charge in [-0.3, -0.25) is 0 Å². The van der Waals surface area contributed by atoms with Crippen LogP contribution in [0.4, 0.5) is 0 Å². The fourth-order valence-electron chi connectivity index (χ4n) is 4.20. The molecular weight excluding hydrogens is 326 g/mol. The Labute approximate surface area is 164 Å². The molecular formula is C26H31N. The van der Waals surface area contributed by atoms with Gasteiger partial charge >= 0.3 is 0 Å². The van der Waals surface area contributed by atoms with Crippen LogP contribution in [0, 0.1) is 0 Å². The molecule has 1 saturated heterocycles. The molecule has 1 aliphatic heterocycles. The first kappa shape index (κ1) is 19.4. The molecule has 1 fully saturated rings. The molecule has 0 radical (unpaired) electrons. The van der Waals surface area contributed by atoms with Crippen LogP contribution < -0.4 is 0 Å². The fourth-order valence-corrected chi connectivity index (χ4v) is 4.20. The van der Waals surface area contributed by atoms with Crippen LogP contribution in [0.3, 0.4) is 0 Å². The summed E-state index contributed by atoms with van der Waals surface area (Å²) in [5.41, 5.74) is 4.13. The van der Waals surface area contributed by atoms with Crippen molar-refractivity contribution in [2.45, 2.75) is 31.1 Å². The van der Waals surface area contributed by atoms with E-state index < -0.39 is 0 Å². The largest absolute Gasteiger partial charge is 0.303 e. The summed E-state index contributed by atoms with van der Waals surface area (Å²) in [6.07, 6.45) is 9.60. The number of nitrogens with zero attached hydrogens (tertiary/aromatic N) is 1. The van der Waals surface area contributed by atoms with Gasteiger partial charge in [-0.15, -0.1) is 0 Å². The summed E-state index contributed by atoms with van der Waals surface area (Å²) in [6, 6.07) is 21.8. The van der Waals surface area contributed by atoms with Gasteiger partial charge in [-0.1, -0.05) is 92.0 Å². The van der Waals surface area contributed by atoms with Crippen molar-refractivity contribution in [3.05, 3.63) is 109 Å². The average Bonchev–Trinajstić information content (AvgIpc) is 2.75. The van der Waals surface area contributed by atoms with Gasteiger partial charge in [0.05, 0.1) is 0 Å². The van der Waals surface area contributed by atoms with E-state index in [1.807, 2.05) is 12.2 Å². The van der Waals surface area contributed by atoms with Crippen LogP contribution in [0.2, 0.25) is 0 Å². The van der Waals surface area contributed by atoms with E-state index >= 15 is 0 Å². The fraction of sp³-hybridized carbons (Fsp3) is 0.308. The summed E-state index contributed by atoms with van der Waals surface area (Å²) in [6.45, 7) is 11.4. The Hall–Kier alpha value is -2.38. The molecule has 1 atom stereocenters. The van der Waals surface area contributed by atoms with Crippen LogP contribution in [0.15, 0.2) is 97.6 Å². The van der Waals surface area contributed by atoms with Crippen LogP contribution >= 0.6 is 0 Å². The lowest BCUT2D eigenvalue weighted by Crippen LogP contribution is -2.34. The Kier molecular flexibility index (Phi) is 7.24. The molecule has 1 nitrogen and oxygen atoms in total. The SMILES string of the molecule is C=C/C=C(\C=C)C(CCN1CCC(c2ccccc2)CC1)c1ccccc1. The normalized spacial score (nSPS) is 17.4.